The largest absolute Gasteiger partial charge is 0.354 e. The SMILES string of the molecule is Cc1cc(C)nc(CN(C)C(=O)c2cn(C)c(C)cc2=O)c1. The second-order valence-electron chi connectivity index (χ2n) is 5.74. The van der Waals surface area contributed by atoms with Crippen molar-refractivity contribution < 1.29 is 4.79 Å². The standard InChI is InChI=1S/C17H21N3O2/c1-11-6-12(2)18-14(7-11)9-20(5)17(22)15-10-19(4)13(3)8-16(15)21/h6-8,10H,9H2,1-5H3. The fourth-order valence-corrected chi connectivity index (χ4v) is 2.42. The van der Waals surface area contributed by atoms with Crippen molar-refractivity contribution in [1.82, 2.24) is 14.5 Å². The van der Waals surface area contributed by atoms with Gasteiger partial charge in [-0.05, 0) is 38.5 Å². The molecule has 0 atom stereocenters. The first-order valence-electron chi connectivity index (χ1n) is 7.15. The van der Waals surface area contributed by atoms with Crippen LogP contribution in [0.4, 0.5) is 0 Å². The third-order valence-electron chi connectivity index (χ3n) is 3.61. The average Bonchev–Trinajstić information content (AvgIpc) is 2.40. The van der Waals surface area contributed by atoms with Gasteiger partial charge in [0.1, 0.15) is 5.56 Å². The molecule has 1 amide bonds. The molecule has 5 heteroatoms. The monoisotopic (exact) mass is 299 g/mol. The number of rotatable bonds is 3. The number of aromatic nitrogens is 2. The highest BCUT2D eigenvalue weighted by atomic mass is 16.2. The van der Waals surface area contributed by atoms with Gasteiger partial charge in [0.05, 0.1) is 12.2 Å². The van der Waals surface area contributed by atoms with Crippen LogP contribution in [0.2, 0.25) is 0 Å². The van der Waals surface area contributed by atoms with Crippen molar-refractivity contribution in [3.05, 3.63) is 62.8 Å². The first-order chi connectivity index (χ1) is 10.3. The Kier molecular flexibility index (Phi) is 4.45. The molecule has 0 saturated carbocycles. The summed E-state index contributed by atoms with van der Waals surface area (Å²) in [6, 6.07) is 5.42. The first-order valence-corrected chi connectivity index (χ1v) is 7.15. The van der Waals surface area contributed by atoms with E-state index < -0.39 is 0 Å². The third-order valence-corrected chi connectivity index (χ3v) is 3.61. The minimum Gasteiger partial charge on any atom is -0.354 e. The zero-order valence-electron chi connectivity index (χ0n) is 13.7. The van der Waals surface area contributed by atoms with Crippen LogP contribution in [0.3, 0.4) is 0 Å². The van der Waals surface area contributed by atoms with E-state index in [1.807, 2.05) is 40.0 Å². The molecule has 0 aliphatic heterocycles. The molecule has 22 heavy (non-hydrogen) atoms. The van der Waals surface area contributed by atoms with Crippen molar-refractivity contribution >= 4 is 5.91 Å². The van der Waals surface area contributed by atoms with Crippen LogP contribution in [0.25, 0.3) is 0 Å². The number of hydrogen-bond donors (Lipinski definition) is 0. The summed E-state index contributed by atoms with van der Waals surface area (Å²) in [6.07, 6.45) is 1.59. The smallest absolute Gasteiger partial charge is 0.259 e. The Balaban J connectivity index is 2.26. The number of aryl methyl sites for hydroxylation is 4. The lowest BCUT2D eigenvalue weighted by Crippen LogP contribution is -2.31. The Bertz CT molecular complexity index is 758. The number of carbonyl (C=O) groups excluding carboxylic acids is 1. The van der Waals surface area contributed by atoms with E-state index in [1.165, 1.54) is 11.0 Å². The minimum absolute atomic E-state index is 0.181. The highest BCUT2D eigenvalue weighted by molar-refractivity contribution is 5.93. The van der Waals surface area contributed by atoms with Crippen LogP contribution in [0.5, 0.6) is 0 Å². The van der Waals surface area contributed by atoms with Crippen LogP contribution in [0.15, 0.2) is 29.2 Å². The Hall–Kier alpha value is -2.43. The number of nitrogens with zero attached hydrogens (tertiary/aromatic N) is 3. The molecule has 0 unspecified atom stereocenters. The van der Waals surface area contributed by atoms with Gasteiger partial charge in [-0.2, -0.15) is 0 Å². The maximum atomic E-state index is 12.5. The van der Waals surface area contributed by atoms with E-state index in [0.717, 1.165) is 22.6 Å². The summed E-state index contributed by atoms with van der Waals surface area (Å²) >= 11 is 0. The molecule has 2 heterocycles. The minimum atomic E-state index is -0.290. The zero-order chi connectivity index (χ0) is 16.4. The van der Waals surface area contributed by atoms with Gasteiger partial charge in [0.25, 0.3) is 5.91 Å². The highest BCUT2D eigenvalue weighted by Gasteiger charge is 2.17. The van der Waals surface area contributed by atoms with Crippen LogP contribution in [-0.2, 0) is 13.6 Å². The summed E-state index contributed by atoms with van der Waals surface area (Å²) in [5.41, 5.74) is 3.59. The summed E-state index contributed by atoms with van der Waals surface area (Å²) in [4.78, 5) is 30.5. The van der Waals surface area contributed by atoms with E-state index in [1.54, 1.807) is 17.8 Å². The predicted octanol–water partition coefficient (Wildman–Crippen LogP) is 1.98. The Morgan fingerprint density at radius 2 is 1.91 bits per heavy atom. The van der Waals surface area contributed by atoms with Crippen LogP contribution in [0.1, 0.15) is 33.0 Å². The number of carbonyl (C=O) groups is 1. The topological polar surface area (TPSA) is 55.2 Å². The summed E-state index contributed by atoms with van der Waals surface area (Å²) in [7, 11) is 3.50. The second kappa shape index (κ2) is 6.13. The molecule has 116 valence electrons. The maximum absolute atomic E-state index is 12.5. The summed E-state index contributed by atoms with van der Waals surface area (Å²) < 4.78 is 1.78. The molecule has 0 spiro atoms. The third kappa shape index (κ3) is 3.42. The highest BCUT2D eigenvalue weighted by Crippen LogP contribution is 2.08. The van der Waals surface area contributed by atoms with Gasteiger partial charge in [-0.25, -0.2) is 0 Å². The normalized spacial score (nSPS) is 10.6. The molecule has 0 aliphatic carbocycles. The molecule has 0 saturated heterocycles. The number of amides is 1. The van der Waals surface area contributed by atoms with Gasteiger partial charge in [-0.3, -0.25) is 14.6 Å². The van der Waals surface area contributed by atoms with Crippen LogP contribution >= 0.6 is 0 Å². The van der Waals surface area contributed by atoms with E-state index in [2.05, 4.69) is 4.98 Å². The molecule has 0 aliphatic rings. The molecule has 0 aromatic carbocycles. The van der Waals surface area contributed by atoms with E-state index in [9.17, 15) is 9.59 Å². The summed E-state index contributed by atoms with van der Waals surface area (Å²) in [5, 5.41) is 0. The summed E-state index contributed by atoms with van der Waals surface area (Å²) in [5.74, 6) is -0.290. The van der Waals surface area contributed by atoms with Crippen molar-refractivity contribution in [3.63, 3.8) is 0 Å². The lowest BCUT2D eigenvalue weighted by Gasteiger charge is -2.18. The average molecular weight is 299 g/mol. The second-order valence-corrected chi connectivity index (χ2v) is 5.74. The molecule has 0 radical (unpaired) electrons. The quantitative estimate of drug-likeness (QED) is 0.871. The van der Waals surface area contributed by atoms with Crippen molar-refractivity contribution in [3.8, 4) is 0 Å². The fraction of sp³-hybridized carbons (Fsp3) is 0.353. The molecule has 2 aromatic heterocycles. The van der Waals surface area contributed by atoms with Crippen molar-refractivity contribution in [1.29, 1.82) is 0 Å². The van der Waals surface area contributed by atoms with Gasteiger partial charge < -0.3 is 9.47 Å². The maximum Gasteiger partial charge on any atom is 0.259 e. The number of hydrogen-bond acceptors (Lipinski definition) is 3. The van der Waals surface area contributed by atoms with Crippen LogP contribution in [0, 0.1) is 20.8 Å². The van der Waals surface area contributed by atoms with Gasteiger partial charge in [0.15, 0.2) is 5.43 Å². The molecule has 2 aromatic rings. The van der Waals surface area contributed by atoms with Gasteiger partial charge in [0, 0.05) is 37.7 Å². The molecule has 5 nitrogen and oxygen atoms in total. The van der Waals surface area contributed by atoms with Crippen LogP contribution < -0.4 is 5.43 Å². The molecular weight excluding hydrogens is 278 g/mol. The van der Waals surface area contributed by atoms with Gasteiger partial charge in [-0.1, -0.05) is 0 Å². The Morgan fingerprint density at radius 1 is 1.23 bits per heavy atom. The van der Waals surface area contributed by atoms with Crippen LogP contribution in [-0.4, -0.2) is 27.4 Å². The van der Waals surface area contributed by atoms with Gasteiger partial charge >= 0.3 is 0 Å². The first kappa shape index (κ1) is 15.9. The lowest BCUT2D eigenvalue weighted by atomic mass is 10.2. The fourth-order valence-electron chi connectivity index (χ4n) is 2.42. The molecular formula is C17H21N3O2. The van der Waals surface area contributed by atoms with Crippen molar-refractivity contribution in [2.75, 3.05) is 7.05 Å². The Labute approximate surface area is 130 Å². The van der Waals surface area contributed by atoms with E-state index in [-0.39, 0.29) is 16.9 Å². The van der Waals surface area contributed by atoms with Gasteiger partial charge in [-0.15, -0.1) is 0 Å². The molecule has 0 fully saturated rings. The van der Waals surface area contributed by atoms with Crippen molar-refractivity contribution in [2.45, 2.75) is 27.3 Å². The molecule has 0 bridgehead atoms. The Morgan fingerprint density at radius 3 is 2.55 bits per heavy atom. The van der Waals surface area contributed by atoms with E-state index >= 15 is 0 Å². The summed E-state index contributed by atoms with van der Waals surface area (Å²) in [6.45, 7) is 6.13. The number of pyridine rings is 2. The molecule has 2 rings (SSSR count). The predicted molar refractivity (Wildman–Crippen MR) is 85.9 cm³/mol. The van der Waals surface area contributed by atoms with E-state index in [4.69, 9.17) is 0 Å². The van der Waals surface area contributed by atoms with Crippen molar-refractivity contribution in [2.24, 2.45) is 7.05 Å². The zero-order valence-corrected chi connectivity index (χ0v) is 13.7. The molecule has 0 N–H and O–H groups in total. The lowest BCUT2D eigenvalue weighted by molar-refractivity contribution is 0.0781. The van der Waals surface area contributed by atoms with E-state index in [0.29, 0.717) is 6.54 Å². The van der Waals surface area contributed by atoms with Gasteiger partial charge in [0.2, 0.25) is 0 Å².